The number of aryl methyl sites for hydroxylation is 2. The van der Waals surface area contributed by atoms with Gasteiger partial charge in [0.05, 0.1) is 5.52 Å². The van der Waals surface area contributed by atoms with Crippen LogP contribution >= 0.6 is 0 Å². The lowest BCUT2D eigenvalue weighted by Gasteiger charge is -1.99. The molecule has 0 fully saturated rings. The molecule has 0 aliphatic heterocycles. The third-order valence-corrected chi connectivity index (χ3v) is 3.69. The van der Waals surface area contributed by atoms with Crippen LogP contribution in [0.4, 0.5) is 5.69 Å². The van der Waals surface area contributed by atoms with Crippen molar-refractivity contribution in [3.8, 4) is 11.6 Å². The van der Waals surface area contributed by atoms with E-state index >= 15 is 0 Å². The molecule has 1 aromatic heterocycles. The quantitative estimate of drug-likeness (QED) is 0.705. The summed E-state index contributed by atoms with van der Waals surface area (Å²) in [6.45, 7) is 1.93. The predicted molar refractivity (Wildman–Crippen MR) is 86.3 cm³/mol. The van der Waals surface area contributed by atoms with E-state index in [1.165, 1.54) is 18.2 Å². The number of aromatic hydroxyl groups is 2. The number of benzene rings is 2. The number of para-hydroxylation sites is 1. The van der Waals surface area contributed by atoms with E-state index in [1.54, 1.807) is 17.7 Å². The molecule has 0 saturated carbocycles. The van der Waals surface area contributed by atoms with Gasteiger partial charge in [0.15, 0.2) is 5.69 Å². The van der Waals surface area contributed by atoms with Gasteiger partial charge in [-0.25, -0.2) is 0 Å². The van der Waals surface area contributed by atoms with Crippen molar-refractivity contribution in [3.05, 3.63) is 53.6 Å². The zero-order valence-corrected chi connectivity index (χ0v) is 12.7. The first-order valence-electron chi connectivity index (χ1n) is 7.01. The van der Waals surface area contributed by atoms with Crippen molar-refractivity contribution in [1.82, 2.24) is 4.57 Å². The van der Waals surface area contributed by atoms with E-state index < -0.39 is 5.91 Å². The zero-order valence-electron chi connectivity index (χ0n) is 12.7. The number of carbonyl (C=O) groups is 1. The molecule has 0 atom stereocenters. The van der Waals surface area contributed by atoms with Crippen LogP contribution in [0.2, 0.25) is 0 Å². The molecule has 0 bridgehead atoms. The van der Waals surface area contributed by atoms with Gasteiger partial charge in [-0.05, 0) is 30.7 Å². The number of phenols is 1. The van der Waals surface area contributed by atoms with Crippen molar-refractivity contribution in [2.75, 3.05) is 0 Å². The molecule has 0 spiro atoms. The molecular weight excluding hydrogens is 294 g/mol. The van der Waals surface area contributed by atoms with Crippen molar-refractivity contribution < 1.29 is 15.0 Å². The van der Waals surface area contributed by atoms with E-state index in [0.717, 1.165) is 16.5 Å². The van der Waals surface area contributed by atoms with Crippen LogP contribution < -0.4 is 0 Å². The number of amides is 1. The van der Waals surface area contributed by atoms with Gasteiger partial charge in [0, 0.05) is 18.0 Å². The maximum absolute atomic E-state index is 12.0. The van der Waals surface area contributed by atoms with E-state index in [-0.39, 0.29) is 22.9 Å². The molecule has 0 aliphatic rings. The summed E-state index contributed by atoms with van der Waals surface area (Å²) in [5, 5.41) is 27.9. The molecule has 3 aromatic rings. The highest BCUT2D eigenvalue weighted by Gasteiger charge is 2.16. The average Bonchev–Trinajstić information content (AvgIpc) is 2.78. The third kappa shape index (κ3) is 2.55. The summed E-state index contributed by atoms with van der Waals surface area (Å²) in [5.74, 6) is -0.665. The Hall–Kier alpha value is -3.15. The van der Waals surface area contributed by atoms with Crippen LogP contribution in [0.1, 0.15) is 15.9 Å². The summed E-state index contributed by atoms with van der Waals surface area (Å²) in [4.78, 5) is 12.0. The van der Waals surface area contributed by atoms with E-state index in [0.29, 0.717) is 0 Å². The molecule has 0 unspecified atom stereocenters. The lowest BCUT2D eigenvalue weighted by molar-refractivity contribution is 0.0994. The van der Waals surface area contributed by atoms with Gasteiger partial charge >= 0.3 is 0 Å². The zero-order chi connectivity index (χ0) is 16.6. The molecule has 23 heavy (non-hydrogen) atoms. The highest BCUT2D eigenvalue weighted by molar-refractivity contribution is 5.98. The molecule has 2 aromatic carbocycles. The third-order valence-electron chi connectivity index (χ3n) is 3.69. The Kier molecular flexibility index (Phi) is 3.57. The highest BCUT2D eigenvalue weighted by atomic mass is 16.3. The van der Waals surface area contributed by atoms with Gasteiger partial charge < -0.3 is 14.8 Å². The number of carbonyl (C=O) groups excluding carboxylic acids is 1. The fourth-order valence-electron chi connectivity index (χ4n) is 2.57. The maximum Gasteiger partial charge on any atom is 0.295 e. The van der Waals surface area contributed by atoms with E-state index in [9.17, 15) is 15.0 Å². The Morgan fingerprint density at radius 2 is 1.87 bits per heavy atom. The number of fused-ring (bicyclic) bond motifs is 1. The first kappa shape index (κ1) is 14.8. The summed E-state index contributed by atoms with van der Waals surface area (Å²) in [5.41, 5.74) is 2.30. The van der Waals surface area contributed by atoms with Crippen molar-refractivity contribution in [2.45, 2.75) is 6.92 Å². The van der Waals surface area contributed by atoms with Gasteiger partial charge in [-0.1, -0.05) is 24.3 Å². The molecule has 6 heteroatoms. The minimum atomic E-state index is -0.593. The molecule has 2 N–H and O–H groups in total. The van der Waals surface area contributed by atoms with Gasteiger partial charge in [-0.3, -0.25) is 4.79 Å². The van der Waals surface area contributed by atoms with Crippen molar-refractivity contribution in [2.24, 2.45) is 17.3 Å². The van der Waals surface area contributed by atoms with Gasteiger partial charge in [0.25, 0.3) is 5.91 Å². The largest absolute Gasteiger partial charge is 0.508 e. The second kappa shape index (κ2) is 5.57. The van der Waals surface area contributed by atoms with Gasteiger partial charge in [0.2, 0.25) is 5.88 Å². The van der Waals surface area contributed by atoms with Gasteiger partial charge in [0.1, 0.15) is 5.75 Å². The minimum Gasteiger partial charge on any atom is -0.508 e. The Morgan fingerprint density at radius 1 is 1.13 bits per heavy atom. The Morgan fingerprint density at radius 3 is 2.61 bits per heavy atom. The summed E-state index contributed by atoms with van der Waals surface area (Å²) in [6, 6.07) is 11.5. The fraction of sp³-hybridized carbons (Fsp3) is 0.118. The molecule has 116 valence electrons. The minimum absolute atomic E-state index is 0.0188. The van der Waals surface area contributed by atoms with Gasteiger partial charge in [-0.15, -0.1) is 10.2 Å². The molecule has 0 radical (unpaired) electrons. The van der Waals surface area contributed by atoms with Crippen LogP contribution in [0, 0.1) is 6.92 Å². The van der Waals surface area contributed by atoms with Crippen LogP contribution in [-0.4, -0.2) is 20.7 Å². The van der Waals surface area contributed by atoms with E-state index in [1.807, 2.05) is 25.1 Å². The van der Waals surface area contributed by atoms with Crippen molar-refractivity contribution in [1.29, 1.82) is 0 Å². The normalized spacial score (nSPS) is 11.4. The molecule has 1 heterocycles. The SMILES string of the molecule is Cc1cccc2c(N=NC(=O)c3cccc(O)c3)c(O)n(C)c12. The van der Waals surface area contributed by atoms with E-state index in [2.05, 4.69) is 10.2 Å². The summed E-state index contributed by atoms with van der Waals surface area (Å²) in [6.07, 6.45) is 0. The smallest absolute Gasteiger partial charge is 0.295 e. The molecule has 6 nitrogen and oxygen atoms in total. The number of hydrogen-bond donors (Lipinski definition) is 2. The predicted octanol–water partition coefficient (Wildman–Crippen LogP) is 3.82. The monoisotopic (exact) mass is 309 g/mol. The van der Waals surface area contributed by atoms with Crippen LogP contribution in [0.3, 0.4) is 0 Å². The van der Waals surface area contributed by atoms with Crippen LogP contribution in [0.5, 0.6) is 11.6 Å². The summed E-state index contributed by atoms with van der Waals surface area (Å²) in [7, 11) is 1.72. The summed E-state index contributed by atoms with van der Waals surface area (Å²) < 4.78 is 1.61. The van der Waals surface area contributed by atoms with E-state index in [4.69, 9.17) is 0 Å². The number of rotatable bonds is 2. The first-order valence-corrected chi connectivity index (χ1v) is 7.01. The van der Waals surface area contributed by atoms with Gasteiger partial charge in [-0.2, -0.15) is 0 Å². The van der Waals surface area contributed by atoms with Crippen LogP contribution in [-0.2, 0) is 7.05 Å². The Bertz CT molecular complexity index is 942. The number of nitrogens with zero attached hydrogens (tertiary/aromatic N) is 3. The number of phenolic OH excluding ortho intramolecular Hbond substituents is 1. The molecule has 3 rings (SSSR count). The first-order chi connectivity index (χ1) is 11.0. The number of azo groups is 1. The molecule has 0 saturated heterocycles. The van der Waals surface area contributed by atoms with Crippen molar-refractivity contribution >= 4 is 22.5 Å². The number of aromatic nitrogens is 1. The Labute approximate surface area is 132 Å². The molecule has 0 aliphatic carbocycles. The lowest BCUT2D eigenvalue weighted by atomic mass is 10.1. The Balaban J connectivity index is 2.03. The lowest BCUT2D eigenvalue weighted by Crippen LogP contribution is -1.92. The van der Waals surface area contributed by atoms with Crippen LogP contribution in [0.15, 0.2) is 52.7 Å². The topological polar surface area (TPSA) is 87.2 Å². The standard InChI is InChI=1S/C17H15N3O3/c1-10-5-3-8-13-14(17(23)20(2)15(10)13)18-19-16(22)11-6-4-7-12(21)9-11/h3-9,21,23H,1-2H3. The second-order valence-corrected chi connectivity index (χ2v) is 5.26. The summed E-state index contributed by atoms with van der Waals surface area (Å²) >= 11 is 0. The molecular formula is C17H15N3O3. The average molecular weight is 309 g/mol. The number of hydrogen-bond acceptors (Lipinski definition) is 4. The molecule has 1 amide bonds. The van der Waals surface area contributed by atoms with Crippen molar-refractivity contribution in [3.63, 3.8) is 0 Å². The maximum atomic E-state index is 12.0. The second-order valence-electron chi connectivity index (χ2n) is 5.26. The highest BCUT2D eigenvalue weighted by Crippen LogP contribution is 2.39. The van der Waals surface area contributed by atoms with Crippen LogP contribution in [0.25, 0.3) is 10.9 Å². The fourth-order valence-corrected chi connectivity index (χ4v) is 2.57.